The van der Waals surface area contributed by atoms with E-state index in [-0.39, 0.29) is 16.6 Å². The molecule has 0 unspecified atom stereocenters. The van der Waals surface area contributed by atoms with Crippen LogP contribution in [0.5, 0.6) is 5.88 Å². The average Bonchev–Trinajstić information content (AvgIpc) is 2.96. The maximum absolute atomic E-state index is 13.7. The molecular formula is C30H27ClF2N6O2. The third-order valence-corrected chi connectivity index (χ3v) is 7.23. The van der Waals surface area contributed by atoms with Gasteiger partial charge in [0, 0.05) is 41.4 Å². The highest BCUT2D eigenvalue weighted by molar-refractivity contribution is 6.36. The van der Waals surface area contributed by atoms with Crippen LogP contribution in [-0.4, -0.2) is 33.9 Å². The first-order chi connectivity index (χ1) is 19.7. The molecule has 0 bridgehead atoms. The van der Waals surface area contributed by atoms with E-state index in [2.05, 4.69) is 25.7 Å². The van der Waals surface area contributed by atoms with Crippen molar-refractivity contribution in [3.8, 4) is 28.3 Å². The molecule has 3 heterocycles. The number of methoxy groups -OCH3 is 1. The zero-order valence-electron chi connectivity index (χ0n) is 22.8. The van der Waals surface area contributed by atoms with Crippen LogP contribution < -0.4 is 20.9 Å². The Morgan fingerprint density at radius 2 is 1.78 bits per heavy atom. The summed E-state index contributed by atoms with van der Waals surface area (Å²) in [5.74, 6) is 0.534. The van der Waals surface area contributed by atoms with E-state index >= 15 is 0 Å². The van der Waals surface area contributed by atoms with Gasteiger partial charge in [0.15, 0.2) is 0 Å². The second-order valence-corrected chi connectivity index (χ2v) is 9.78. The minimum atomic E-state index is -2.82. The molecule has 0 aliphatic carbocycles. The van der Waals surface area contributed by atoms with E-state index in [0.29, 0.717) is 28.8 Å². The molecule has 8 nitrogen and oxygen atoms in total. The summed E-state index contributed by atoms with van der Waals surface area (Å²) in [4.78, 5) is 21.7. The van der Waals surface area contributed by atoms with Crippen LogP contribution in [0.3, 0.4) is 0 Å². The SMILES string of the molecule is CNCc1ccc(-c2cccc(-c3cccc(Nc4nc(C(F)F)cc5cnn(C)c(=O)c45)c3C)c2Cl)nc1OC. The molecule has 0 atom stereocenters. The summed E-state index contributed by atoms with van der Waals surface area (Å²) in [7, 11) is 4.92. The second-order valence-electron chi connectivity index (χ2n) is 9.40. The molecule has 2 N–H and O–H groups in total. The van der Waals surface area contributed by atoms with Crippen LogP contribution in [0.4, 0.5) is 20.3 Å². The van der Waals surface area contributed by atoms with Gasteiger partial charge in [0.25, 0.3) is 12.0 Å². The van der Waals surface area contributed by atoms with Gasteiger partial charge in [-0.05, 0) is 43.3 Å². The van der Waals surface area contributed by atoms with Gasteiger partial charge in [0.05, 0.1) is 29.4 Å². The van der Waals surface area contributed by atoms with E-state index in [1.165, 1.54) is 19.3 Å². The summed E-state index contributed by atoms with van der Waals surface area (Å²) in [6.07, 6.45) is -1.45. The molecule has 0 saturated carbocycles. The molecule has 5 aromatic rings. The van der Waals surface area contributed by atoms with Crippen LogP contribution >= 0.6 is 11.6 Å². The zero-order chi connectivity index (χ0) is 29.3. The van der Waals surface area contributed by atoms with E-state index in [0.717, 1.165) is 32.5 Å². The van der Waals surface area contributed by atoms with Gasteiger partial charge in [0.1, 0.15) is 11.5 Å². The summed E-state index contributed by atoms with van der Waals surface area (Å²) in [5.41, 5.74) is 4.32. The van der Waals surface area contributed by atoms with Crippen molar-refractivity contribution in [2.45, 2.75) is 19.9 Å². The lowest BCUT2D eigenvalue weighted by molar-refractivity contribution is 0.146. The number of hydrogen-bond acceptors (Lipinski definition) is 7. The fourth-order valence-corrected chi connectivity index (χ4v) is 5.05. The zero-order valence-corrected chi connectivity index (χ0v) is 23.6. The van der Waals surface area contributed by atoms with Crippen molar-refractivity contribution in [3.05, 3.63) is 93.0 Å². The van der Waals surface area contributed by atoms with Gasteiger partial charge in [-0.25, -0.2) is 23.4 Å². The van der Waals surface area contributed by atoms with Gasteiger partial charge in [-0.15, -0.1) is 0 Å². The molecule has 0 fully saturated rings. The molecule has 5 rings (SSSR count). The lowest BCUT2D eigenvalue weighted by atomic mass is 9.96. The van der Waals surface area contributed by atoms with Gasteiger partial charge in [0.2, 0.25) is 5.88 Å². The molecule has 3 aromatic heterocycles. The smallest absolute Gasteiger partial charge is 0.280 e. The molecule has 11 heteroatoms. The Kier molecular flexibility index (Phi) is 7.96. The predicted molar refractivity (Wildman–Crippen MR) is 157 cm³/mol. The fraction of sp³-hybridized carbons (Fsp3) is 0.200. The highest BCUT2D eigenvalue weighted by atomic mass is 35.5. The number of ether oxygens (including phenoxy) is 1. The van der Waals surface area contributed by atoms with Gasteiger partial charge < -0.3 is 15.4 Å². The van der Waals surface area contributed by atoms with Crippen molar-refractivity contribution < 1.29 is 13.5 Å². The maximum atomic E-state index is 13.7. The first-order valence-electron chi connectivity index (χ1n) is 12.7. The Hall–Kier alpha value is -4.41. The summed E-state index contributed by atoms with van der Waals surface area (Å²) in [6.45, 7) is 2.49. The summed E-state index contributed by atoms with van der Waals surface area (Å²) < 4.78 is 34.0. The molecule has 0 aliphatic heterocycles. The molecule has 0 spiro atoms. The molecule has 0 amide bonds. The Morgan fingerprint density at radius 3 is 2.51 bits per heavy atom. The van der Waals surface area contributed by atoms with Crippen molar-refractivity contribution in [2.24, 2.45) is 7.05 Å². The first kappa shape index (κ1) is 28.1. The molecular weight excluding hydrogens is 550 g/mol. The number of aromatic nitrogens is 4. The number of halogens is 3. The quantitative estimate of drug-likeness (QED) is 0.220. The minimum absolute atomic E-state index is 0.0267. The summed E-state index contributed by atoms with van der Waals surface area (Å²) >= 11 is 6.97. The maximum Gasteiger partial charge on any atom is 0.280 e. The third kappa shape index (κ3) is 5.36. The van der Waals surface area contributed by atoms with Crippen molar-refractivity contribution in [1.29, 1.82) is 0 Å². The fourth-order valence-electron chi connectivity index (χ4n) is 4.73. The van der Waals surface area contributed by atoms with Crippen LogP contribution in [0, 0.1) is 6.92 Å². The first-order valence-corrected chi connectivity index (χ1v) is 13.1. The topological polar surface area (TPSA) is 94.0 Å². The van der Waals surface area contributed by atoms with Gasteiger partial charge in [-0.1, -0.05) is 48.0 Å². The normalized spacial score (nSPS) is 11.3. The Balaban J connectivity index is 1.60. The van der Waals surface area contributed by atoms with Gasteiger partial charge in [-0.2, -0.15) is 5.10 Å². The average molecular weight is 577 g/mol. The molecule has 0 aliphatic rings. The Bertz CT molecular complexity index is 1830. The van der Waals surface area contributed by atoms with Crippen LogP contribution in [0.25, 0.3) is 33.2 Å². The van der Waals surface area contributed by atoms with E-state index in [4.69, 9.17) is 16.3 Å². The lowest BCUT2D eigenvalue weighted by Crippen LogP contribution is -2.20. The van der Waals surface area contributed by atoms with E-state index in [1.54, 1.807) is 13.2 Å². The molecule has 210 valence electrons. The summed E-state index contributed by atoms with van der Waals surface area (Å²) in [5, 5.41) is 11.1. The number of nitrogens with zero attached hydrogens (tertiary/aromatic N) is 4. The van der Waals surface area contributed by atoms with E-state index in [9.17, 15) is 13.6 Å². The summed E-state index contributed by atoms with van der Waals surface area (Å²) in [6, 6.07) is 16.2. The molecule has 0 radical (unpaired) electrons. The van der Waals surface area contributed by atoms with Crippen molar-refractivity contribution >= 4 is 33.9 Å². The van der Waals surface area contributed by atoms with Crippen molar-refractivity contribution in [3.63, 3.8) is 0 Å². The number of rotatable bonds is 8. The minimum Gasteiger partial charge on any atom is -0.481 e. The molecule has 0 saturated heterocycles. The van der Waals surface area contributed by atoms with Gasteiger partial charge in [-0.3, -0.25) is 4.79 Å². The van der Waals surface area contributed by atoms with Crippen LogP contribution in [0.15, 0.2) is 65.6 Å². The number of pyridine rings is 2. The monoisotopic (exact) mass is 576 g/mol. The Morgan fingerprint density at radius 1 is 1.05 bits per heavy atom. The van der Waals surface area contributed by atoms with E-state index in [1.807, 2.05) is 56.4 Å². The van der Waals surface area contributed by atoms with Crippen molar-refractivity contribution in [2.75, 3.05) is 19.5 Å². The highest BCUT2D eigenvalue weighted by Gasteiger charge is 2.19. The predicted octanol–water partition coefficient (Wildman–Crippen LogP) is 6.43. The molecule has 41 heavy (non-hydrogen) atoms. The second kappa shape index (κ2) is 11.6. The van der Waals surface area contributed by atoms with Crippen LogP contribution in [0.2, 0.25) is 5.02 Å². The number of benzene rings is 2. The number of aryl methyl sites for hydroxylation is 1. The van der Waals surface area contributed by atoms with E-state index < -0.39 is 17.7 Å². The number of nitrogens with one attached hydrogen (secondary N) is 2. The number of fused-ring (bicyclic) bond motifs is 1. The number of alkyl halides is 2. The van der Waals surface area contributed by atoms with Gasteiger partial charge >= 0.3 is 0 Å². The lowest BCUT2D eigenvalue weighted by Gasteiger charge is -2.17. The van der Waals surface area contributed by atoms with Crippen LogP contribution in [-0.2, 0) is 13.6 Å². The highest BCUT2D eigenvalue weighted by Crippen LogP contribution is 2.40. The number of hydrogen-bond donors (Lipinski definition) is 2. The standard InChI is InChI=1S/C30H27ClF2N6O2/c1-16-19(20-8-5-9-21(26(20)31)23-12-11-17(14-34-2)29(38-23)41-4)7-6-10-22(16)36-28-25-18(13-24(37-28)27(32)33)15-35-39(3)30(25)40/h5-13,15,27,34H,14H2,1-4H3,(H,36,37). The Labute approximate surface area is 240 Å². The molecule has 2 aromatic carbocycles. The number of anilines is 2. The largest absolute Gasteiger partial charge is 0.481 e. The van der Waals surface area contributed by atoms with Crippen LogP contribution in [0.1, 0.15) is 23.2 Å². The third-order valence-electron chi connectivity index (χ3n) is 6.82. The van der Waals surface area contributed by atoms with Crippen molar-refractivity contribution in [1.82, 2.24) is 25.1 Å².